The molecular weight excluding hydrogens is 274 g/mol. The molecule has 20 heavy (non-hydrogen) atoms. The molecule has 2 N–H and O–H groups in total. The molecule has 0 heterocycles. The smallest absolute Gasteiger partial charge is 0.243 e. The van der Waals surface area contributed by atoms with Crippen molar-refractivity contribution in [2.75, 3.05) is 39.5 Å². The number of nitrogens with zero attached hydrogens (tertiary/aromatic N) is 2. The van der Waals surface area contributed by atoms with Crippen molar-refractivity contribution in [1.82, 2.24) is 9.21 Å². The monoisotopic (exact) mass is 299 g/mol. The second kappa shape index (κ2) is 7.06. The van der Waals surface area contributed by atoms with Gasteiger partial charge in [0.05, 0.1) is 4.90 Å². The summed E-state index contributed by atoms with van der Waals surface area (Å²) >= 11 is 0. The minimum Gasteiger partial charge on any atom is -0.399 e. The van der Waals surface area contributed by atoms with E-state index in [4.69, 9.17) is 5.73 Å². The standard InChI is InChI=1S/C14H25N3O2S/c1-12(2)11-17(10-9-16(3)4)20(18,19)14-7-5-13(15)6-8-14/h5-8,12H,9-11,15H2,1-4H3. The van der Waals surface area contributed by atoms with Crippen LogP contribution in [0.5, 0.6) is 0 Å². The molecule has 1 aromatic rings. The highest BCUT2D eigenvalue weighted by molar-refractivity contribution is 7.89. The van der Waals surface area contributed by atoms with E-state index in [-0.39, 0.29) is 5.92 Å². The topological polar surface area (TPSA) is 66.6 Å². The highest BCUT2D eigenvalue weighted by atomic mass is 32.2. The summed E-state index contributed by atoms with van der Waals surface area (Å²) in [6.07, 6.45) is 0. The predicted octanol–water partition coefficient (Wildman–Crippen LogP) is 1.48. The third-order valence-corrected chi connectivity index (χ3v) is 4.76. The molecule has 0 saturated carbocycles. The lowest BCUT2D eigenvalue weighted by atomic mass is 10.2. The maximum absolute atomic E-state index is 12.7. The average Bonchev–Trinajstić information content (AvgIpc) is 2.34. The van der Waals surface area contributed by atoms with E-state index in [0.29, 0.717) is 30.2 Å². The number of hydrogen-bond acceptors (Lipinski definition) is 4. The summed E-state index contributed by atoms with van der Waals surface area (Å²) < 4.78 is 26.9. The second-order valence-electron chi connectivity index (χ2n) is 5.63. The molecule has 0 spiro atoms. The summed E-state index contributed by atoms with van der Waals surface area (Å²) in [6, 6.07) is 6.36. The highest BCUT2D eigenvalue weighted by Gasteiger charge is 2.24. The van der Waals surface area contributed by atoms with E-state index in [1.54, 1.807) is 28.6 Å². The van der Waals surface area contributed by atoms with E-state index < -0.39 is 10.0 Å². The Morgan fingerprint density at radius 1 is 1.10 bits per heavy atom. The van der Waals surface area contributed by atoms with Crippen molar-refractivity contribution in [2.45, 2.75) is 18.7 Å². The molecule has 0 atom stereocenters. The van der Waals surface area contributed by atoms with Crippen molar-refractivity contribution in [3.8, 4) is 0 Å². The molecule has 0 aliphatic heterocycles. The Morgan fingerprint density at radius 2 is 1.65 bits per heavy atom. The molecule has 114 valence electrons. The van der Waals surface area contributed by atoms with E-state index in [1.807, 2.05) is 32.8 Å². The number of rotatable bonds is 7. The third kappa shape index (κ3) is 4.77. The van der Waals surface area contributed by atoms with Gasteiger partial charge in [-0.15, -0.1) is 0 Å². The van der Waals surface area contributed by atoms with Crippen molar-refractivity contribution < 1.29 is 8.42 Å². The first-order chi connectivity index (χ1) is 9.23. The van der Waals surface area contributed by atoms with Crippen molar-refractivity contribution in [3.63, 3.8) is 0 Å². The van der Waals surface area contributed by atoms with E-state index in [2.05, 4.69) is 0 Å². The zero-order valence-corrected chi connectivity index (χ0v) is 13.5. The molecule has 0 bridgehead atoms. The molecule has 0 saturated heterocycles. The number of hydrogen-bond donors (Lipinski definition) is 1. The van der Waals surface area contributed by atoms with Crippen LogP contribution in [0.15, 0.2) is 29.2 Å². The average molecular weight is 299 g/mol. The van der Waals surface area contributed by atoms with Gasteiger partial charge in [0.2, 0.25) is 10.0 Å². The fraction of sp³-hybridized carbons (Fsp3) is 0.571. The van der Waals surface area contributed by atoms with Gasteiger partial charge in [0.25, 0.3) is 0 Å². The lowest BCUT2D eigenvalue weighted by molar-refractivity contribution is 0.312. The van der Waals surface area contributed by atoms with Gasteiger partial charge in [-0.2, -0.15) is 4.31 Å². The van der Waals surface area contributed by atoms with Crippen LogP contribution < -0.4 is 5.73 Å². The largest absolute Gasteiger partial charge is 0.399 e. The van der Waals surface area contributed by atoms with Gasteiger partial charge < -0.3 is 10.6 Å². The van der Waals surface area contributed by atoms with Crippen LogP contribution in [0.3, 0.4) is 0 Å². The van der Waals surface area contributed by atoms with Crippen molar-refractivity contribution in [1.29, 1.82) is 0 Å². The van der Waals surface area contributed by atoms with Gasteiger partial charge in [-0.25, -0.2) is 8.42 Å². The predicted molar refractivity (Wildman–Crippen MR) is 83.0 cm³/mol. The SMILES string of the molecule is CC(C)CN(CCN(C)C)S(=O)(=O)c1ccc(N)cc1. The zero-order valence-electron chi connectivity index (χ0n) is 12.7. The maximum atomic E-state index is 12.7. The molecule has 6 heteroatoms. The van der Waals surface area contributed by atoms with Crippen LogP contribution in [0, 0.1) is 5.92 Å². The van der Waals surface area contributed by atoms with Crippen LogP contribution in [0.4, 0.5) is 5.69 Å². The maximum Gasteiger partial charge on any atom is 0.243 e. The molecule has 0 aliphatic carbocycles. The summed E-state index contributed by atoms with van der Waals surface area (Å²) in [5.74, 6) is 0.278. The quantitative estimate of drug-likeness (QED) is 0.774. The van der Waals surface area contributed by atoms with Gasteiger partial charge in [-0.3, -0.25) is 0 Å². The lowest BCUT2D eigenvalue weighted by Crippen LogP contribution is -2.38. The Morgan fingerprint density at radius 3 is 2.10 bits per heavy atom. The number of nitrogen functional groups attached to an aromatic ring is 1. The number of likely N-dealkylation sites (N-methyl/N-ethyl adjacent to an activating group) is 1. The van der Waals surface area contributed by atoms with Crippen molar-refractivity contribution in [3.05, 3.63) is 24.3 Å². The van der Waals surface area contributed by atoms with Crippen LogP contribution in [0.2, 0.25) is 0 Å². The van der Waals surface area contributed by atoms with Gasteiger partial charge in [0.15, 0.2) is 0 Å². The summed E-state index contributed by atoms with van der Waals surface area (Å²) in [4.78, 5) is 2.28. The van der Waals surface area contributed by atoms with Crippen LogP contribution in [-0.4, -0.2) is 51.4 Å². The summed E-state index contributed by atoms with van der Waals surface area (Å²) in [5, 5.41) is 0. The number of anilines is 1. The third-order valence-electron chi connectivity index (χ3n) is 2.88. The molecule has 1 aromatic carbocycles. The van der Waals surface area contributed by atoms with Gasteiger partial charge in [-0.1, -0.05) is 13.8 Å². The van der Waals surface area contributed by atoms with Gasteiger partial charge in [-0.05, 0) is 44.3 Å². The van der Waals surface area contributed by atoms with E-state index in [0.717, 1.165) is 0 Å². The molecule has 0 fully saturated rings. The fourth-order valence-corrected chi connectivity index (χ4v) is 3.41. The van der Waals surface area contributed by atoms with Crippen molar-refractivity contribution >= 4 is 15.7 Å². The summed E-state index contributed by atoms with van der Waals surface area (Å²) in [6.45, 7) is 5.72. The van der Waals surface area contributed by atoms with E-state index >= 15 is 0 Å². The molecule has 0 unspecified atom stereocenters. The Kier molecular flexibility index (Phi) is 5.98. The van der Waals surface area contributed by atoms with E-state index in [9.17, 15) is 8.42 Å². The molecule has 1 rings (SSSR count). The van der Waals surface area contributed by atoms with Crippen LogP contribution >= 0.6 is 0 Å². The molecule has 5 nitrogen and oxygen atoms in total. The number of benzene rings is 1. The summed E-state index contributed by atoms with van der Waals surface area (Å²) in [7, 11) is 0.410. The van der Waals surface area contributed by atoms with Crippen LogP contribution in [0.1, 0.15) is 13.8 Å². The lowest BCUT2D eigenvalue weighted by Gasteiger charge is -2.25. The van der Waals surface area contributed by atoms with Crippen LogP contribution in [-0.2, 0) is 10.0 Å². The first-order valence-corrected chi connectivity index (χ1v) is 8.18. The second-order valence-corrected chi connectivity index (χ2v) is 7.57. The van der Waals surface area contributed by atoms with Crippen LogP contribution in [0.25, 0.3) is 0 Å². The van der Waals surface area contributed by atoms with Gasteiger partial charge in [0.1, 0.15) is 0 Å². The molecule has 0 radical (unpaired) electrons. The minimum absolute atomic E-state index is 0.278. The molecule has 0 aromatic heterocycles. The normalized spacial score (nSPS) is 12.6. The molecular formula is C14H25N3O2S. The minimum atomic E-state index is -3.46. The molecule has 0 amide bonds. The van der Waals surface area contributed by atoms with Crippen molar-refractivity contribution in [2.24, 2.45) is 5.92 Å². The Balaban J connectivity index is 3.00. The number of sulfonamides is 1. The van der Waals surface area contributed by atoms with Gasteiger partial charge >= 0.3 is 0 Å². The zero-order chi connectivity index (χ0) is 15.3. The Labute approximate surface area is 122 Å². The Bertz CT molecular complexity index is 510. The summed E-state index contributed by atoms with van der Waals surface area (Å²) in [5.41, 5.74) is 6.17. The fourth-order valence-electron chi connectivity index (χ4n) is 1.82. The molecule has 0 aliphatic rings. The first-order valence-electron chi connectivity index (χ1n) is 6.74. The first kappa shape index (κ1) is 16.9. The Hall–Kier alpha value is -1.11. The van der Waals surface area contributed by atoms with Gasteiger partial charge in [0, 0.05) is 25.3 Å². The number of nitrogens with two attached hydrogens (primary N) is 1. The highest BCUT2D eigenvalue weighted by Crippen LogP contribution is 2.18. The van der Waals surface area contributed by atoms with E-state index in [1.165, 1.54) is 0 Å².